The van der Waals surface area contributed by atoms with Crippen LogP contribution in [0.1, 0.15) is 41.1 Å². The molecule has 3 N–H and O–H groups in total. The molecule has 2 atom stereocenters. The summed E-state index contributed by atoms with van der Waals surface area (Å²) in [5.74, 6) is 0.543. The van der Waals surface area contributed by atoms with Crippen molar-refractivity contribution in [2.24, 2.45) is 16.6 Å². The van der Waals surface area contributed by atoms with Crippen molar-refractivity contribution in [3.8, 4) is 0 Å². The van der Waals surface area contributed by atoms with Gasteiger partial charge in [-0.1, -0.05) is 12.5 Å². The smallest absolute Gasteiger partial charge is 0.335 e. The Labute approximate surface area is 99.2 Å². The van der Waals surface area contributed by atoms with Crippen LogP contribution < -0.4 is 5.73 Å². The number of carboxylic acid groups (broad SMARTS) is 1. The molecule has 1 aromatic rings. The van der Waals surface area contributed by atoms with E-state index in [0.29, 0.717) is 17.7 Å². The van der Waals surface area contributed by atoms with Crippen LogP contribution in [-0.2, 0) is 0 Å². The standard InChI is InChI=1S/C13H14N2O2/c14-12-10-3-1-2-8(10)9-5-4-7(13(16)17)6-11(9)15-12/h4-6,8,10H,1-3H2,(H2,14,15)(H,16,17). The highest BCUT2D eigenvalue weighted by molar-refractivity contribution is 5.92. The molecule has 0 amide bonds. The first kappa shape index (κ1) is 10.3. The monoisotopic (exact) mass is 230 g/mol. The number of benzene rings is 1. The Morgan fingerprint density at radius 3 is 2.88 bits per heavy atom. The predicted molar refractivity (Wildman–Crippen MR) is 64.8 cm³/mol. The van der Waals surface area contributed by atoms with Gasteiger partial charge >= 0.3 is 5.97 Å². The Balaban J connectivity index is 2.12. The quantitative estimate of drug-likeness (QED) is 0.777. The molecule has 0 spiro atoms. The lowest BCUT2D eigenvalue weighted by Gasteiger charge is -2.26. The van der Waals surface area contributed by atoms with Gasteiger partial charge in [0.25, 0.3) is 0 Å². The van der Waals surface area contributed by atoms with Crippen molar-refractivity contribution in [3.63, 3.8) is 0 Å². The van der Waals surface area contributed by atoms with Gasteiger partial charge < -0.3 is 10.8 Å². The summed E-state index contributed by atoms with van der Waals surface area (Å²) in [6, 6.07) is 5.18. The van der Waals surface area contributed by atoms with Crippen LogP contribution in [-0.4, -0.2) is 16.9 Å². The largest absolute Gasteiger partial charge is 0.478 e. The van der Waals surface area contributed by atoms with E-state index in [9.17, 15) is 4.79 Å². The first-order valence-electron chi connectivity index (χ1n) is 5.88. The van der Waals surface area contributed by atoms with Gasteiger partial charge in [-0.25, -0.2) is 9.79 Å². The number of carboxylic acids is 1. The molecule has 88 valence electrons. The third kappa shape index (κ3) is 1.52. The Kier molecular flexibility index (Phi) is 2.18. The van der Waals surface area contributed by atoms with Gasteiger partial charge in [0, 0.05) is 5.92 Å². The molecule has 1 aliphatic carbocycles. The zero-order valence-corrected chi connectivity index (χ0v) is 9.39. The van der Waals surface area contributed by atoms with Gasteiger partial charge in [0.2, 0.25) is 0 Å². The van der Waals surface area contributed by atoms with Crippen molar-refractivity contribution >= 4 is 17.5 Å². The Morgan fingerprint density at radius 2 is 2.12 bits per heavy atom. The molecule has 17 heavy (non-hydrogen) atoms. The molecule has 0 bridgehead atoms. The number of rotatable bonds is 1. The first-order chi connectivity index (χ1) is 8.16. The Morgan fingerprint density at radius 1 is 1.35 bits per heavy atom. The topological polar surface area (TPSA) is 75.7 Å². The fourth-order valence-corrected chi connectivity index (χ4v) is 3.00. The van der Waals surface area contributed by atoms with Crippen molar-refractivity contribution in [1.29, 1.82) is 0 Å². The van der Waals surface area contributed by atoms with Gasteiger partial charge in [-0.05, 0) is 36.5 Å². The Hall–Kier alpha value is -1.84. The lowest BCUT2D eigenvalue weighted by Crippen LogP contribution is -2.28. The highest BCUT2D eigenvalue weighted by Gasteiger charge is 2.35. The highest BCUT2D eigenvalue weighted by Crippen LogP contribution is 2.46. The minimum absolute atomic E-state index is 0.275. The Bertz CT molecular complexity index is 522. The number of fused-ring (bicyclic) bond motifs is 3. The summed E-state index contributed by atoms with van der Waals surface area (Å²) in [6.07, 6.45) is 3.39. The molecule has 0 saturated heterocycles. The van der Waals surface area contributed by atoms with Crippen LogP contribution in [0.3, 0.4) is 0 Å². The number of aliphatic imine (C=N–C) groups is 1. The fraction of sp³-hybridized carbons (Fsp3) is 0.385. The summed E-state index contributed by atoms with van der Waals surface area (Å²) in [6.45, 7) is 0. The number of carbonyl (C=O) groups is 1. The van der Waals surface area contributed by atoms with Gasteiger partial charge in [-0.3, -0.25) is 0 Å². The third-order valence-electron chi connectivity index (χ3n) is 3.82. The molecule has 2 aliphatic rings. The molecule has 0 radical (unpaired) electrons. The maximum Gasteiger partial charge on any atom is 0.335 e. The second-order valence-corrected chi connectivity index (χ2v) is 4.76. The lowest BCUT2D eigenvalue weighted by atomic mass is 9.84. The van der Waals surface area contributed by atoms with Crippen LogP contribution in [0.4, 0.5) is 5.69 Å². The molecule has 4 heteroatoms. The van der Waals surface area contributed by atoms with E-state index in [-0.39, 0.29) is 5.56 Å². The van der Waals surface area contributed by atoms with Crippen LogP contribution >= 0.6 is 0 Å². The van der Waals surface area contributed by atoms with Crippen LogP contribution in [0, 0.1) is 5.92 Å². The molecule has 4 nitrogen and oxygen atoms in total. The van der Waals surface area contributed by atoms with Gasteiger partial charge in [-0.15, -0.1) is 0 Å². The number of nitrogens with zero attached hydrogens (tertiary/aromatic N) is 1. The molecular weight excluding hydrogens is 216 g/mol. The van der Waals surface area contributed by atoms with Crippen LogP contribution in [0.5, 0.6) is 0 Å². The van der Waals surface area contributed by atoms with Crippen molar-refractivity contribution < 1.29 is 9.90 Å². The molecule has 1 heterocycles. The summed E-state index contributed by atoms with van der Waals surface area (Å²) in [4.78, 5) is 15.3. The number of hydrogen-bond acceptors (Lipinski definition) is 3. The average molecular weight is 230 g/mol. The second kappa shape index (κ2) is 3.58. The van der Waals surface area contributed by atoms with Gasteiger partial charge in [0.15, 0.2) is 0 Å². The molecule has 0 aromatic heterocycles. The van der Waals surface area contributed by atoms with Crippen molar-refractivity contribution in [2.75, 3.05) is 0 Å². The van der Waals surface area contributed by atoms with Crippen molar-refractivity contribution in [3.05, 3.63) is 29.3 Å². The van der Waals surface area contributed by atoms with Crippen molar-refractivity contribution in [1.82, 2.24) is 0 Å². The minimum atomic E-state index is -0.921. The number of nitrogens with two attached hydrogens (primary N) is 1. The van der Waals surface area contributed by atoms with E-state index in [2.05, 4.69) is 4.99 Å². The first-order valence-corrected chi connectivity index (χ1v) is 5.88. The van der Waals surface area contributed by atoms with E-state index in [0.717, 1.165) is 24.1 Å². The van der Waals surface area contributed by atoms with E-state index in [1.54, 1.807) is 12.1 Å². The van der Waals surface area contributed by atoms with E-state index in [1.807, 2.05) is 6.07 Å². The van der Waals surface area contributed by atoms with E-state index in [1.165, 1.54) is 6.42 Å². The molecule has 1 fully saturated rings. The van der Waals surface area contributed by atoms with Gasteiger partial charge in [0.1, 0.15) is 5.84 Å². The van der Waals surface area contributed by atoms with Gasteiger partial charge in [-0.2, -0.15) is 0 Å². The molecule has 3 rings (SSSR count). The number of hydrogen-bond donors (Lipinski definition) is 2. The lowest BCUT2D eigenvalue weighted by molar-refractivity contribution is 0.0697. The van der Waals surface area contributed by atoms with E-state index in [4.69, 9.17) is 10.8 Å². The van der Waals surface area contributed by atoms with Crippen LogP contribution in [0.15, 0.2) is 23.2 Å². The maximum atomic E-state index is 10.9. The molecule has 1 aromatic carbocycles. The summed E-state index contributed by atoms with van der Waals surface area (Å²) in [5.41, 5.74) is 8.14. The van der Waals surface area contributed by atoms with E-state index >= 15 is 0 Å². The average Bonchev–Trinajstić information content (AvgIpc) is 2.78. The highest BCUT2D eigenvalue weighted by atomic mass is 16.4. The molecule has 1 saturated carbocycles. The summed E-state index contributed by atoms with van der Waals surface area (Å²) in [7, 11) is 0. The number of aromatic carboxylic acids is 1. The predicted octanol–water partition coefficient (Wildman–Crippen LogP) is 2.27. The maximum absolute atomic E-state index is 10.9. The third-order valence-corrected chi connectivity index (χ3v) is 3.82. The summed E-state index contributed by atoms with van der Waals surface area (Å²) in [5, 5.41) is 8.96. The fourth-order valence-electron chi connectivity index (χ4n) is 3.00. The normalized spacial score (nSPS) is 26.0. The zero-order valence-electron chi connectivity index (χ0n) is 9.39. The number of amidine groups is 1. The minimum Gasteiger partial charge on any atom is -0.478 e. The van der Waals surface area contributed by atoms with Crippen LogP contribution in [0.25, 0.3) is 0 Å². The molecular formula is C13H14N2O2. The van der Waals surface area contributed by atoms with Crippen molar-refractivity contribution in [2.45, 2.75) is 25.2 Å². The van der Waals surface area contributed by atoms with Crippen LogP contribution in [0.2, 0.25) is 0 Å². The molecule has 2 unspecified atom stereocenters. The van der Waals surface area contributed by atoms with E-state index < -0.39 is 5.97 Å². The van der Waals surface area contributed by atoms with Gasteiger partial charge in [0.05, 0.1) is 11.3 Å². The SMILES string of the molecule is NC1=Nc2cc(C(=O)O)ccc2C2CCCC12. The summed E-state index contributed by atoms with van der Waals surface area (Å²) < 4.78 is 0. The molecule has 1 aliphatic heterocycles. The zero-order chi connectivity index (χ0) is 12.0. The second-order valence-electron chi connectivity index (χ2n) is 4.76. The summed E-state index contributed by atoms with van der Waals surface area (Å²) >= 11 is 0.